The largest absolute Gasteiger partial charge is 0.495 e. The van der Waals surface area contributed by atoms with E-state index in [1.54, 1.807) is 18.2 Å². The fraction of sp³-hybridized carbons (Fsp3) is 0.176. The predicted molar refractivity (Wildman–Crippen MR) is 94.6 cm³/mol. The molecule has 2 N–H and O–H groups in total. The molecule has 8 heteroatoms. The highest BCUT2D eigenvalue weighted by Gasteiger charge is 2.17. The van der Waals surface area contributed by atoms with Gasteiger partial charge in [-0.2, -0.15) is 0 Å². The molecular weight excluding hydrogens is 344 g/mol. The van der Waals surface area contributed by atoms with Gasteiger partial charge in [0.15, 0.2) is 5.78 Å². The van der Waals surface area contributed by atoms with Crippen LogP contribution in [-0.4, -0.2) is 27.2 Å². The molecule has 0 saturated carbocycles. The summed E-state index contributed by atoms with van der Waals surface area (Å²) in [5.41, 5.74) is 1.05. The first-order valence-corrected chi connectivity index (χ1v) is 8.80. The van der Waals surface area contributed by atoms with Crippen molar-refractivity contribution in [3.63, 3.8) is 0 Å². The summed E-state index contributed by atoms with van der Waals surface area (Å²) in [5.74, 6) is -0.244. The average Bonchev–Trinajstić information content (AvgIpc) is 2.54. The van der Waals surface area contributed by atoms with Crippen LogP contribution in [-0.2, 0) is 14.8 Å². The van der Waals surface area contributed by atoms with Crippen LogP contribution in [0.4, 0.5) is 11.4 Å². The standard InChI is InChI=1S/C17H18N2O5S/c1-11(20)13-5-4-6-14(9-13)19-25(22,23)15-7-8-16(18-12(2)21)17(10-15)24-3/h4-10,19H,1-3H3,(H,18,21). The lowest BCUT2D eigenvalue weighted by molar-refractivity contribution is -0.114. The van der Waals surface area contributed by atoms with Crippen LogP contribution in [0.1, 0.15) is 24.2 Å². The Morgan fingerprint density at radius 1 is 1.04 bits per heavy atom. The van der Waals surface area contributed by atoms with Crippen LogP contribution in [0.15, 0.2) is 47.4 Å². The molecule has 0 fully saturated rings. The third-order valence-corrected chi connectivity index (χ3v) is 4.69. The quantitative estimate of drug-likeness (QED) is 0.769. The zero-order valence-corrected chi connectivity index (χ0v) is 14.8. The monoisotopic (exact) mass is 362 g/mol. The number of hydrogen-bond acceptors (Lipinski definition) is 5. The molecule has 0 unspecified atom stereocenters. The molecule has 0 atom stereocenters. The number of anilines is 2. The summed E-state index contributed by atoms with van der Waals surface area (Å²) >= 11 is 0. The lowest BCUT2D eigenvalue weighted by Gasteiger charge is -2.13. The third kappa shape index (κ3) is 4.57. The number of nitrogens with one attached hydrogen (secondary N) is 2. The molecule has 7 nitrogen and oxygen atoms in total. The fourth-order valence-corrected chi connectivity index (χ4v) is 3.21. The molecule has 0 bridgehead atoms. The lowest BCUT2D eigenvalue weighted by atomic mass is 10.1. The maximum Gasteiger partial charge on any atom is 0.262 e. The number of benzene rings is 2. The molecule has 25 heavy (non-hydrogen) atoms. The van der Waals surface area contributed by atoms with Crippen molar-refractivity contribution in [3.05, 3.63) is 48.0 Å². The van der Waals surface area contributed by atoms with Crippen LogP contribution in [0.3, 0.4) is 0 Å². The van der Waals surface area contributed by atoms with Crippen molar-refractivity contribution in [2.24, 2.45) is 0 Å². The second-order valence-electron chi connectivity index (χ2n) is 5.29. The van der Waals surface area contributed by atoms with Gasteiger partial charge in [-0.1, -0.05) is 12.1 Å². The first-order valence-electron chi connectivity index (χ1n) is 7.32. The molecule has 0 heterocycles. The number of rotatable bonds is 6. The van der Waals surface area contributed by atoms with Gasteiger partial charge in [0.25, 0.3) is 10.0 Å². The Hall–Kier alpha value is -2.87. The zero-order chi connectivity index (χ0) is 18.6. The van der Waals surface area contributed by atoms with Crippen molar-refractivity contribution in [3.8, 4) is 5.75 Å². The topological polar surface area (TPSA) is 102 Å². The van der Waals surface area contributed by atoms with Gasteiger partial charge in [0.2, 0.25) is 5.91 Å². The molecule has 2 aromatic rings. The van der Waals surface area contributed by atoms with E-state index in [2.05, 4.69) is 10.0 Å². The van der Waals surface area contributed by atoms with Gasteiger partial charge in [-0.25, -0.2) is 8.42 Å². The van der Waals surface area contributed by atoms with E-state index in [1.165, 1.54) is 45.2 Å². The van der Waals surface area contributed by atoms with Crippen LogP contribution in [0, 0.1) is 0 Å². The molecular formula is C17H18N2O5S. The smallest absolute Gasteiger partial charge is 0.262 e. The van der Waals surface area contributed by atoms with Gasteiger partial charge < -0.3 is 10.1 Å². The maximum absolute atomic E-state index is 12.5. The molecule has 0 aliphatic carbocycles. The van der Waals surface area contributed by atoms with Crippen molar-refractivity contribution >= 4 is 33.1 Å². The van der Waals surface area contributed by atoms with E-state index in [-0.39, 0.29) is 28.0 Å². The summed E-state index contributed by atoms with van der Waals surface area (Å²) in [7, 11) is -2.51. The van der Waals surface area contributed by atoms with Crippen LogP contribution >= 0.6 is 0 Å². The van der Waals surface area contributed by atoms with Gasteiger partial charge in [-0.05, 0) is 31.2 Å². The SMILES string of the molecule is COc1cc(S(=O)(=O)Nc2cccc(C(C)=O)c2)ccc1NC(C)=O. The van der Waals surface area contributed by atoms with Crippen LogP contribution in [0.25, 0.3) is 0 Å². The zero-order valence-electron chi connectivity index (χ0n) is 14.0. The summed E-state index contributed by atoms with van der Waals surface area (Å²) < 4.78 is 32.6. The number of carbonyl (C=O) groups excluding carboxylic acids is 2. The summed E-state index contributed by atoms with van der Waals surface area (Å²) in [4.78, 5) is 22.5. The predicted octanol–water partition coefficient (Wildman–Crippen LogP) is 2.66. The van der Waals surface area contributed by atoms with Gasteiger partial charge in [-0.3, -0.25) is 14.3 Å². The molecule has 0 radical (unpaired) electrons. The second-order valence-corrected chi connectivity index (χ2v) is 6.97. The van der Waals surface area contributed by atoms with Gasteiger partial charge in [0.05, 0.1) is 17.7 Å². The molecule has 0 aromatic heterocycles. The number of sulfonamides is 1. The fourth-order valence-electron chi connectivity index (χ4n) is 2.15. The van der Waals surface area contributed by atoms with Crippen LogP contribution < -0.4 is 14.8 Å². The van der Waals surface area contributed by atoms with E-state index in [0.29, 0.717) is 11.3 Å². The molecule has 2 aromatic carbocycles. The highest BCUT2D eigenvalue weighted by atomic mass is 32.2. The summed E-state index contributed by atoms with van der Waals surface area (Å²) in [5, 5.41) is 2.56. The Bertz CT molecular complexity index is 922. The molecule has 0 aliphatic heterocycles. The Kier molecular flexibility index (Phi) is 5.43. The van der Waals surface area contributed by atoms with Crippen LogP contribution in [0.2, 0.25) is 0 Å². The summed E-state index contributed by atoms with van der Waals surface area (Å²) in [6, 6.07) is 10.3. The number of ether oxygens (including phenoxy) is 1. The lowest BCUT2D eigenvalue weighted by Crippen LogP contribution is -2.14. The number of amides is 1. The Balaban J connectivity index is 2.34. The minimum absolute atomic E-state index is 0.0355. The van der Waals surface area contributed by atoms with Gasteiger partial charge >= 0.3 is 0 Å². The Labute approximate surface area is 146 Å². The molecule has 0 aliphatic rings. The highest BCUT2D eigenvalue weighted by Crippen LogP contribution is 2.28. The van der Waals surface area contributed by atoms with E-state index < -0.39 is 10.0 Å². The van der Waals surface area contributed by atoms with Crippen molar-refractivity contribution in [2.45, 2.75) is 18.7 Å². The van der Waals surface area contributed by atoms with Gasteiger partial charge in [0.1, 0.15) is 5.75 Å². The van der Waals surface area contributed by atoms with Gasteiger partial charge in [-0.15, -0.1) is 0 Å². The van der Waals surface area contributed by atoms with E-state index in [4.69, 9.17) is 4.74 Å². The van der Waals surface area contributed by atoms with Crippen molar-refractivity contribution in [2.75, 3.05) is 17.1 Å². The highest BCUT2D eigenvalue weighted by molar-refractivity contribution is 7.92. The summed E-state index contributed by atoms with van der Waals surface area (Å²) in [6.07, 6.45) is 0. The third-order valence-electron chi connectivity index (χ3n) is 3.32. The molecule has 132 valence electrons. The number of methoxy groups -OCH3 is 1. The minimum atomic E-state index is -3.89. The molecule has 1 amide bonds. The second kappa shape index (κ2) is 7.35. The molecule has 2 rings (SSSR count). The number of hydrogen-bond donors (Lipinski definition) is 2. The maximum atomic E-state index is 12.5. The van der Waals surface area contributed by atoms with E-state index in [9.17, 15) is 18.0 Å². The molecule has 0 spiro atoms. The van der Waals surface area contributed by atoms with E-state index >= 15 is 0 Å². The summed E-state index contributed by atoms with van der Waals surface area (Å²) in [6.45, 7) is 2.74. The number of carbonyl (C=O) groups is 2. The Morgan fingerprint density at radius 2 is 1.76 bits per heavy atom. The minimum Gasteiger partial charge on any atom is -0.495 e. The first kappa shape index (κ1) is 18.5. The van der Waals surface area contributed by atoms with Crippen molar-refractivity contribution < 1.29 is 22.7 Å². The van der Waals surface area contributed by atoms with Crippen molar-refractivity contribution in [1.29, 1.82) is 0 Å². The number of Topliss-reactive ketones (excluding diaryl/α,β-unsaturated/α-hetero) is 1. The van der Waals surface area contributed by atoms with Crippen molar-refractivity contribution in [1.82, 2.24) is 0 Å². The number of ketones is 1. The van der Waals surface area contributed by atoms with Crippen LogP contribution in [0.5, 0.6) is 5.75 Å². The van der Waals surface area contributed by atoms with E-state index in [1.807, 2.05) is 0 Å². The molecule has 0 saturated heterocycles. The van der Waals surface area contributed by atoms with Gasteiger partial charge in [0, 0.05) is 24.2 Å². The first-order chi connectivity index (χ1) is 11.7. The van der Waals surface area contributed by atoms with E-state index in [0.717, 1.165) is 0 Å². The average molecular weight is 362 g/mol. The Morgan fingerprint density at radius 3 is 2.36 bits per heavy atom. The normalized spacial score (nSPS) is 10.8.